The first kappa shape index (κ1) is 14.9. The molecule has 21 heavy (non-hydrogen) atoms. The number of hydrogen-bond donors (Lipinski definition) is 1. The molecule has 1 fully saturated rings. The lowest BCUT2D eigenvalue weighted by Crippen LogP contribution is -2.47. The molecule has 0 unspecified atom stereocenters. The normalized spacial score (nSPS) is 20.0. The van der Waals surface area contributed by atoms with Crippen LogP contribution in [0, 0.1) is 0 Å². The highest BCUT2D eigenvalue weighted by Gasteiger charge is 2.39. The zero-order chi connectivity index (χ0) is 14.9. The van der Waals surface area contributed by atoms with Crippen molar-refractivity contribution in [1.29, 1.82) is 0 Å². The van der Waals surface area contributed by atoms with Crippen LogP contribution in [0.2, 0.25) is 0 Å². The van der Waals surface area contributed by atoms with E-state index in [9.17, 15) is 0 Å². The fourth-order valence-electron chi connectivity index (χ4n) is 3.50. The van der Waals surface area contributed by atoms with Gasteiger partial charge in [-0.15, -0.1) is 0 Å². The van der Waals surface area contributed by atoms with Crippen LogP contribution >= 0.6 is 0 Å². The topological polar surface area (TPSA) is 21.3 Å². The highest BCUT2D eigenvalue weighted by molar-refractivity contribution is 5.38. The summed E-state index contributed by atoms with van der Waals surface area (Å²) in [5, 5.41) is 3.59. The molecule has 0 radical (unpaired) electrons. The number of fused-ring (bicyclic) bond motifs is 1. The van der Waals surface area contributed by atoms with E-state index in [0.717, 1.165) is 18.7 Å². The Morgan fingerprint density at radius 2 is 1.86 bits per heavy atom. The lowest BCUT2D eigenvalue weighted by Gasteiger charge is -2.42. The van der Waals surface area contributed by atoms with Crippen LogP contribution in [0.1, 0.15) is 64.0 Å². The van der Waals surface area contributed by atoms with Crippen LogP contribution in [0.3, 0.4) is 0 Å². The molecule has 0 aromatic heterocycles. The van der Waals surface area contributed by atoms with Gasteiger partial charge in [0.25, 0.3) is 0 Å². The maximum atomic E-state index is 6.44. The summed E-state index contributed by atoms with van der Waals surface area (Å²) >= 11 is 0. The molecule has 0 aliphatic heterocycles. The summed E-state index contributed by atoms with van der Waals surface area (Å²) in [5.74, 6) is 1.09. The first-order valence-electron chi connectivity index (χ1n) is 8.52. The molecule has 1 saturated carbocycles. The van der Waals surface area contributed by atoms with E-state index < -0.39 is 0 Å². The summed E-state index contributed by atoms with van der Waals surface area (Å²) in [5.41, 5.74) is 3.32. The van der Waals surface area contributed by atoms with E-state index in [1.807, 2.05) is 0 Å². The molecule has 3 rings (SSSR count). The van der Waals surface area contributed by atoms with E-state index in [1.54, 1.807) is 0 Å². The molecule has 116 valence electrons. The minimum atomic E-state index is 0.0884. The first-order chi connectivity index (χ1) is 9.96. The van der Waals surface area contributed by atoms with Crippen LogP contribution < -0.4 is 10.1 Å². The van der Waals surface area contributed by atoms with Crippen LogP contribution in [-0.4, -0.2) is 17.7 Å². The predicted octanol–water partition coefficient (Wildman–Crippen LogP) is 4.26. The molecule has 0 amide bonds. The minimum Gasteiger partial charge on any atom is -0.487 e. The number of aryl methyl sites for hydroxylation is 2. The van der Waals surface area contributed by atoms with Gasteiger partial charge in [0.05, 0.1) is 0 Å². The molecule has 1 N–H and O–H groups in total. The fraction of sp³-hybridized carbons (Fsp3) is 0.684. The van der Waals surface area contributed by atoms with Crippen molar-refractivity contribution in [3.63, 3.8) is 0 Å². The maximum Gasteiger partial charge on any atom is 0.120 e. The molecule has 0 atom stereocenters. The summed E-state index contributed by atoms with van der Waals surface area (Å²) in [6, 6.07) is 6.75. The van der Waals surface area contributed by atoms with Gasteiger partial charge in [-0.2, -0.15) is 0 Å². The molecule has 0 saturated heterocycles. The zero-order valence-electron chi connectivity index (χ0n) is 13.8. The average molecular weight is 287 g/mol. The van der Waals surface area contributed by atoms with Gasteiger partial charge in [-0.1, -0.05) is 6.07 Å². The van der Waals surface area contributed by atoms with Crippen LogP contribution in [0.15, 0.2) is 18.2 Å². The van der Waals surface area contributed by atoms with Gasteiger partial charge in [-0.05, 0) is 95.5 Å². The van der Waals surface area contributed by atoms with E-state index in [1.165, 1.54) is 49.7 Å². The summed E-state index contributed by atoms with van der Waals surface area (Å²) in [7, 11) is 0. The maximum absolute atomic E-state index is 6.44. The Labute approximate surface area is 129 Å². The van der Waals surface area contributed by atoms with Crippen LogP contribution in [0.25, 0.3) is 0 Å². The van der Waals surface area contributed by atoms with Gasteiger partial charge in [0.15, 0.2) is 0 Å². The Balaban J connectivity index is 1.61. The third kappa shape index (κ3) is 3.60. The van der Waals surface area contributed by atoms with E-state index in [2.05, 4.69) is 44.3 Å². The standard InChI is InChI=1S/C19H29NO/c1-18(2,3)20-13-12-19(10-5-11-19)21-17-9-8-15-6-4-7-16(15)14-17/h8-9,14,20H,4-7,10-13H2,1-3H3. The lowest BCUT2D eigenvalue weighted by molar-refractivity contribution is -0.0152. The van der Waals surface area contributed by atoms with Gasteiger partial charge in [0.2, 0.25) is 0 Å². The molecular weight excluding hydrogens is 258 g/mol. The highest BCUT2D eigenvalue weighted by Crippen LogP contribution is 2.40. The first-order valence-corrected chi connectivity index (χ1v) is 8.52. The molecular formula is C19H29NO. The molecule has 2 aliphatic carbocycles. The SMILES string of the molecule is CC(C)(C)NCCC1(Oc2ccc3c(c2)CCC3)CCC1. The van der Waals surface area contributed by atoms with E-state index in [-0.39, 0.29) is 11.1 Å². The second kappa shape index (κ2) is 5.64. The summed E-state index contributed by atoms with van der Waals surface area (Å²) in [6.45, 7) is 7.71. The number of benzene rings is 1. The largest absolute Gasteiger partial charge is 0.487 e. The van der Waals surface area contributed by atoms with Crippen LogP contribution in [-0.2, 0) is 12.8 Å². The number of nitrogens with one attached hydrogen (secondary N) is 1. The molecule has 2 heteroatoms. The number of hydrogen-bond acceptors (Lipinski definition) is 2. The second-order valence-electron chi connectivity index (χ2n) is 7.85. The second-order valence-corrected chi connectivity index (χ2v) is 7.85. The van der Waals surface area contributed by atoms with Gasteiger partial charge >= 0.3 is 0 Å². The summed E-state index contributed by atoms with van der Waals surface area (Å²) < 4.78 is 6.44. The van der Waals surface area contributed by atoms with Gasteiger partial charge in [-0.25, -0.2) is 0 Å². The number of rotatable bonds is 5. The Kier molecular flexibility index (Phi) is 4.00. The summed E-state index contributed by atoms with van der Waals surface area (Å²) in [6.07, 6.45) is 8.61. The molecule has 1 aromatic rings. The molecule has 0 heterocycles. The van der Waals surface area contributed by atoms with Crippen molar-refractivity contribution in [1.82, 2.24) is 5.32 Å². The monoisotopic (exact) mass is 287 g/mol. The Morgan fingerprint density at radius 3 is 2.52 bits per heavy atom. The minimum absolute atomic E-state index is 0.0884. The zero-order valence-corrected chi connectivity index (χ0v) is 13.8. The quantitative estimate of drug-likeness (QED) is 0.874. The van der Waals surface area contributed by atoms with Crippen molar-refractivity contribution in [3.8, 4) is 5.75 Å². The Morgan fingerprint density at radius 1 is 1.10 bits per heavy atom. The van der Waals surface area contributed by atoms with Gasteiger partial charge in [0, 0.05) is 5.54 Å². The van der Waals surface area contributed by atoms with E-state index in [4.69, 9.17) is 4.74 Å². The van der Waals surface area contributed by atoms with E-state index in [0.29, 0.717) is 0 Å². The van der Waals surface area contributed by atoms with Crippen LogP contribution in [0.5, 0.6) is 5.75 Å². The van der Waals surface area contributed by atoms with Crippen molar-refractivity contribution in [2.45, 2.75) is 76.9 Å². The van der Waals surface area contributed by atoms with Crippen molar-refractivity contribution in [3.05, 3.63) is 29.3 Å². The van der Waals surface area contributed by atoms with Gasteiger partial charge in [0.1, 0.15) is 11.4 Å². The third-order valence-corrected chi connectivity index (χ3v) is 4.91. The van der Waals surface area contributed by atoms with Crippen molar-refractivity contribution in [2.75, 3.05) is 6.54 Å². The van der Waals surface area contributed by atoms with Crippen molar-refractivity contribution >= 4 is 0 Å². The smallest absolute Gasteiger partial charge is 0.120 e. The van der Waals surface area contributed by atoms with Gasteiger partial charge in [-0.3, -0.25) is 0 Å². The highest BCUT2D eigenvalue weighted by atomic mass is 16.5. The molecule has 2 nitrogen and oxygen atoms in total. The van der Waals surface area contributed by atoms with Gasteiger partial charge < -0.3 is 10.1 Å². The third-order valence-electron chi connectivity index (χ3n) is 4.91. The summed E-state index contributed by atoms with van der Waals surface area (Å²) in [4.78, 5) is 0. The Bertz CT molecular complexity index is 497. The Hall–Kier alpha value is -1.02. The number of ether oxygens (including phenoxy) is 1. The lowest BCUT2D eigenvalue weighted by atomic mass is 9.77. The fourth-order valence-corrected chi connectivity index (χ4v) is 3.50. The van der Waals surface area contributed by atoms with Crippen molar-refractivity contribution < 1.29 is 4.74 Å². The van der Waals surface area contributed by atoms with E-state index >= 15 is 0 Å². The molecule has 2 aliphatic rings. The van der Waals surface area contributed by atoms with Crippen LogP contribution in [0.4, 0.5) is 0 Å². The molecule has 0 bridgehead atoms. The predicted molar refractivity (Wildman–Crippen MR) is 88.0 cm³/mol. The molecule has 1 aromatic carbocycles. The molecule has 0 spiro atoms. The van der Waals surface area contributed by atoms with Crippen molar-refractivity contribution in [2.24, 2.45) is 0 Å². The average Bonchev–Trinajstić information content (AvgIpc) is 2.81.